The highest BCUT2D eigenvalue weighted by Gasteiger charge is 2.17. The van der Waals surface area contributed by atoms with Gasteiger partial charge in [0.25, 0.3) is 0 Å². The van der Waals surface area contributed by atoms with Gasteiger partial charge in [-0.25, -0.2) is 4.98 Å². The van der Waals surface area contributed by atoms with E-state index < -0.39 is 0 Å². The monoisotopic (exact) mass is 284 g/mol. The molecular weight excluding hydrogens is 264 g/mol. The summed E-state index contributed by atoms with van der Waals surface area (Å²) in [5.74, 6) is 0.784. The molecule has 0 bridgehead atoms. The Labute approximate surface area is 125 Å². The fourth-order valence-electron chi connectivity index (χ4n) is 2.39. The van der Waals surface area contributed by atoms with Gasteiger partial charge in [0.1, 0.15) is 5.82 Å². The fraction of sp³-hybridized carbons (Fsp3) is 0.375. The molecule has 0 amide bonds. The van der Waals surface area contributed by atoms with Crippen molar-refractivity contribution < 1.29 is 4.74 Å². The zero-order chi connectivity index (χ0) is 14.5. The largest absolute Gasteiger partial charge is 0.374 e. The topological polar surface area (TPSA) is 50.3 Å². The summed E-state index contributed by atoms with van der Waals surface area (Å²) < 4.78 is 5.71. The summed E-state index contributed by atoms with van der Waals surface area (Å²) >= 11 is 0. The standard InChI is InChI=1S/C16H20N4O/c1-20-7-8-21-14(12-20)9-18-16-11-17-15(10-19-16)13-5-3-2-4-6-13/h2-6,10-11,14H,7-9,12H2,1H3,(H,18,19). The number of nitrogens with one attached hydrogen (secondary N) is 1. The van der Waals surface area contributed by atoms with Gasteiger partial charge in [0.15, 0.2) is 0 Å². The van der Waals surface area contributed by atoms with E-state index in [1.807, 2.05) is 30.3 Å². The Morgan fingerprint density at radius 2 is 2.10 bits per heavy atom. The number of benzene rings is 1. The summed E-state index contributed by atoms with van der Waals surface area (Å²) in [6, 6.07) is 10.1. The van der Waals surface area contributed by atoms with Gasteiger partial charge in [0, 0.05) is 25.2 Å². The Hall–Kier alpha value is -1.98. The van der Waals surface area contributed by atoms with Gasteiger partial charge in [-0.05, 0) is 7.05 Å². The average Bonchev–Trinajstić information content (AvgIpc) is 2.54. The van der Waals surface area contributed by atoms with Gasteiger partial charge in [0.2, 0.25) is 0 Å². The predicted octanol–water partition coefficient (Wildman–Crippen LogP) is 1.89. The molecule has 0 radical (unpaired) electrons. The van der Waals surface area contributed by atoms with Crippen molar-refractivity contribution in [1.29, 1.82) is 0 Å². The Kier molecular flexibility index (Phi) is 4.43. The maximum absolute atomic E-state index is 5.71. The lowest BCUT2D eigenvalue weighted by molar-refractivity contribution is -0.0117. The molecule has 5 heteroatoms. The van der Waals surface area contributed by atoms with Crippen molar-refractivity contribution >= 4 is 5.82 Å². The van der Waals surface area contributed by atoms with Gasteiger partial charge in [-0.15, -0.1) is 0 Å². The molecule has 1 N–H and O–H groups in total. The third kappa shape index (κ3) is 3.77. The van der Waals surface area contributed by atoms with Gasteiger partial charge < -0.3 is 15.0 Å². The van der Waals surface area contributed by atoms with Crippen LogP contribution in [-0.2, 0) is 4.74 Å². The first-order valence-corrected chi connectivity index (χ1v) is 7.23. The van der Waals surface area contributed by atoms with E-state index in [1.54, 1.807) is 12.4 Å². The van der Waals surface area contributed by atoms with E-state index in [0.717, 1.165) is 43.3 Å². The van der Waals surface area contributed by atoms with E-state index in [1.165, 1.54) is 0 Å². The lowest BCUT2D eigenvalue weighted by Crippen LogP contribution is -2.43. The van der Waals surface area contributed by atoms with Crippen LogP contribution in [0.5, 0.6) is 0 Å². The van der Waals surface area contributed by atoms with Crippen molar-refractivity contribution in [3.05, 3.63) is 42.7 Å². The molecule has 0 aliphatic carbocycles. The van der Waals surface area contributed by atoms with Gasteiger partial charge >= 0.3 is 0 Å². The number of hydrogen-bond donors (Lipinski definition) is 1. The number of anilines is 1. The van der Waals surface area contributed by atoms with Crippen LogP contribution in [0.25, 0.3) is 11.3 Å². The maximum atomic E-state index is 5.71. The van der Waals surface area contributed by atoms with Crippen LogP contribution in [0.2, 0.25) is 0 Å². The first kappa shape index (κ1) is 14.0. The van der Waals surface area contributed by atoms with E-state index in [9.17, 15) is 0 Å². The van der Waals surface area contributed by atoms with Crippen molar-refractivity contribution in [3.63, 3.8) is 0 Å². The number of likely N-dealkylation sites (N-methyl/N-ethyl adjacent to an activating group) is 1. The van der Waals surface area contributed by atoms with Crippen LogP contribution in [0.3, 0.4) is 0 Å². The third-order valence-corrected chi connectivity index (χ3v) is 3.57. The van der Waals surface area contributed by atoms with Crippen LogP contribution in [-0.4, -0.2) is 54.3 Å². The molecule has 1 saturated heterocycles. The first-order chi connectivity index (χ1) is 10.3. The molecule has 2 aromatic rings. The smallest absolute Gasteiger partial charge is 0.144 e. The summed E-state index contributed by atoms with van der Waals surface area (Å²) in [6.07, 6.45) is 3.78. The fourth-order valence-corrected chi connectivity index (χ4v) is 2.39. The molecule has 3 rings (SSSR count). The van der Waals surface area contributed by atoms with Gasteiger partial charge in [-0.2, -0.15) is 0 Å². The Morgan fingerprint density at radius 3 is 2.81 bits per heavy atom. The minimum absolute atomic E-state index is 0.208. The Bertz CT molecular complexity index is 558. The highest BCUT2D eigenvalue weighted by Crippen LogP contribution is 2.16. The second-order valence-electron chi connectivity index (χ2n) is 5.29. The Morgan fingerprint density at radius 1 is 1.24 bits per heavy atom. The number of rotatable bonds is 4. The molecule has 110 valence electrons. The molecule has 5 nitrogen and oxygen atoms in total. The van der Waals surface area contributed by atoms with E-state index in [2.05, 4.69) is 27.2 Å². The van der Waals surface area contributed by atoms with E-state index in [0.29, 0.717) is 0 Å². The number of morpholine rings is 1. The molecule has 1 unspecified atom stereocenters. The van der Waals surface area contributed by atoms with Gasteiger partial charge in [-0.3, -0.25) is 4.98 Å². The zero-order valence-corrected chi connectivity index (χ0v) is 12.2. The number of aromatic nitrogens is 2. The Balaban J connectivity index is 1.57. The number of ether oxygens (including phenoxy) is 1. The van der Waals surface area contributed by atoms with Crippen molar-refractivity contribution in [2.75, 3.05) is 38.6 Å². The van der Waals surface area contributed by atoms with E-state index >= 15 is 0 Å². The summed E-state index contributed by atoms with van der Waals surface area (Å²) in [7, 11) is 2.12. The minimum atomic E-state index is 0.208. The van der Waals surface area contributed by atoms with Crippen LogP contribution < -0.4 is 5.32 Å². The zero-order valence-electron chi connectivity index (χ0n) is 12.2. The van der Waals surface area contributed by atoms with E-state index in [-0.39, 0.29) is 6.10 Å². The van der Waals surface area contributed by atoms with Crippen LogP contribution in [0.15, 0.2) is 42.7 Å². The van der Waals surface area contributed by atoms with Gasteiger partial charge in [0.05, 0.1) is 30.8 Å². The number of hydrogen-bond acceptors (Lipinski definition) is 5. The second kappa shape index (κ2) is 6.65. The molecule has 1 aromatic heterocycles. The van der Waals surface area contributed by atoms with E-state index in [4.69, 9.17) is 4.74 Å². The van der Waals surface area contributed by atoms with Crippen molar-refractivity contribution in [3.8, 4) is 11.3 Å². The lowest BCUT2D eigenvalue weighted by Gasteiger charge is -2.30. The lowest BCUT2D eigenvalue weighted by atomic mass is 10.2. The molecule has 1 atom stereocenters. The number of nitrogens with zero attached hydrogens (tertiary/aromatic N) is 3. The molecule has 21 heavy (non-hydrogen) atoms. The van der Waals surface area contributed by atoms with Crippen molar-refractivity contribution in [2.45, 2.75) is 6.10 Å². The van der Waals surface area contributed by atoms with Crippen LogP contribution in [0, 0.1) is 0 Å². The molecule has 1 aliphatic rings. The van der Waals surface area contributed by atoms with Crippen LogP contribution >= 0.6 is 0 Å². The summed E-state index contributed by atoms with van der Waals surface area (Å²) in [5.41, 5.74) is 1.96. The normalized spacial score (nSPS) is 19.4. The second-order valence-corrected chi connectivity index (χ2v) is 5.29. The minimum Gasteiger partial charge on any atom is -0.374 e. The molecule has 1 aromatic carbocycles. The molecule has 1 aliphatic heterocycles. The summed E-state index contributed by atoms with van der Waals surface area (Å²) in [5, 5.41) is 3.29. The van der Waals surface area contributed by atoms with Crippen LogP contribution in [0.1, 0.15) is 0 Å². The average molecular weight is 284 g/mol. The molecule has 0 spiro atoms. The summed E-state index contributed by atoms with van der Waals surface area (Å²) in [6.45, 7) is 3.50. The van der Waals surface area contributed by atoms with Crippen LogP contribution in [0.4, 0.5) is 5.82 Å². The first-order valence-electron chi connectivity index (χ1n) is 7.23. The molecule has 0 saturated carbocycles. The maximum Gasteiger partial charge on any atom is 0.144 e. The highest BCUT2D eigenvalue weighted by atomic mass is 16.5. The molecular formula is C16H20N4O. The predicted molar refractivity (Wildman–Crippen MR) is 83.2 cm³/mol. The van der Waals surface area contributed by atoms with Crippen molar-refractivity contribution in [2.24, 2.45) is 0 Å². The molecule has 1 fully saturated rings. The third-order valence-electron chi connectivity index (χ3n) is 3.57. The molecule has 2 heterocycles. The quantitative estimate of drug-likeness (QED) is 0.929. The highest BCUT2D eigenvalue weighted by molar-refractivity contribution is 5.58. The summed E-state index contributed by atoms with van der Waals surface area (Å²) in [4.78, 5) is 11.1. The SMILES string of the molecule is CN1CCOC(CNc2cnc(-c3ccccc3)cn2)C1. The van der Waals surface area contributed by atoms with Gasteiger partial charge in [-0.1, -0.05) is 30.3 Å². The van der Waals surface area contributed by atoms with Crippen molar-refractivity contribution in [1.82, 2.24) is 14.9 Å².